The van der Waals surface area contributed by atoms with Gasteiger partial charge in [-0.25, -0.2) is 0 Å². The van der Waals surface area contributed by atoms with E-state index in [0.29, 0.717) is 25.2 Å². The number of benzene rings is 1. The molecular formula is C22H35N3O2. The SMILES string of the molecule is CCOCCOCc1cccc(CNC(=NC)N2CCC3(CCCC3)C2)c1. The average molecular weight is 374 g/mol. The van der Waals surface area contributed by atoms with Crippen LogP contribution in [0.15, 0.2) is 29.3 Å². The number of hydrogen-bond donors (Lipinski definition) is 1. The molecule has 1 aliphatic carbocycles. The first-order valence-electron chi connectivity index (χ1n) is 10.4. The van der Waals surface area contributed by atoms with Crippen LogP contribution < -0.4 is 5.32 Å². The summed E-state index contributed by atoms with van der Waals surface area (Å²) in [6.07, 6.45) is 6.92. The summed E-state index contributed by atoms with van der Waals surface area (Å²) in [4.78, 5) is 6.98. The molecule has 2 aliphatic rings. The molecule has 0 radical (unpaired) electrons. The number of aliphatic imine (C=N–C) groups is 1. The average Bonchev–Trinajstić information content (AvgIpc) is 3.33. The molecule has 1 saturated heterocycles. The van der Waals surface area contributed by atoms with E-state index in [1.54, 1.807) is 0 Å². The highest BCUT2D eigenvalue weighted by Gasteiger charge is 2.40. The molecule has 1 N–H and O–H groups in total. The maximum absolute atomic E-state index is 5.68. The van der Waals surface area contributed by atoms with E-state index >= 15 is 0 Å². The quantitative estimate of drug-likeness (QED) is 0.430. The number of hydrogen-bond acceptors (Lipinski definition) is 3. The van der Waals surface area contributed by atoms with E-state index in [4.69, 9.17) is 9.47 Å². The topological polar surface area (TPSA) is 46.1 Å². The van der Waals surface area contributed by atoms with E-state index in [2.05, 4.69) is 39.5 Å². The van der Waals surface area contributed by atoms with E-state index in [1.165, 1.54) is 49.8 Å². The fourth-order valence-electron chi connectivity index (χ4n) is 4.44. The molecule has 3 rings (SSSR count). The van der Waals surface area contributed by atoms with Gasteiger partial charge in [-0.1, -0.05) is 37.1 Å². The summed E-state index contributed by atoms with van der Waals surface area (Å²) >= 11 is 0. The summed E-state index contributed by atoms with van der Waals surface area (Å²) in [6, 6.07) is 8.59. The van der Waals surface area contributed by atoms with Crippen LogP contribution in [0.1, 0.15) is 50.2 Å². The maximum atomic E-state index is 5.68. The van der Waals surface area contributed by atoms with Crippen molar-refractivity contribution in [1.82, 2.24) is 10.2 Å². The van der Waals surface area contributed by atoms with Crippen molar-refractivity contribution in [3.05, 3.63) is 35.4 Å². The maximum Gasteiger partial charge on any atom is 0.193 e. The van der Waals surface area contributed by atoms with Gasteiger partial charge in [0.2, 0.25) is 0 Å². The monoisotopic (exact) mass is 373 g/mol. The van der Waals surface area contributed by atoms with Crippen LogP contribution in [0.25, 0.3) is 0 Å². The van der Waals surface area contributed by atoms with E-state index in [1.807, 2.05) is 14.0 Å². The van der Waals surface area contributed by atoms with Gasteiger partial charge in [0.05, 0.1) is 19.8 Å². The molecule has 1 saturated carbocycles. The summed E-state index contributed by atoms with van der Waals surface area (Å²) in [6.45, 7) is 7.76. The highest BCUT2D eigenvalue weighted by atomic mass is 16.5. The van der Waals surface area contributed by atoms with Crippen LogP contribution in [0.2, 0.25) is 0 Å². The zero-order valence-electron chi connectivity index (χ0n) is 17.0. The van der Waals surface area contributed by atoms with Crippen molar-refractivity contribution < 1.29 is 9.47 Å². The standard InChI is InChI=1S/C22H35N3O2/c1-3-26-13-14-27-17-20-8-6-7-19(15-20)16-24-21(23-2)25-12-11-22(18-25)9-4-5-10-22/h6-8,15H,3-5,9-14,16-18H2,1-2H3,(H,23,24). The molecule has 1 heterocycles. The fraction of sp³-hybridized carbons (Fsp3) is 0.682. The lowest BCUT2D eigenvalue weighted by Crippen LogP contribution is -2.40. The number of ether oxygens (including phenoxy) is 2. The minimum absolute atomic E-state index is 0.566. The number of nitrogens with one attached hydrogen (secondary N) is 1. The smallest absolute Gasteiger partial charge is 0.193 e. The van der Waals surface area contributed by atoms with E-state index in [0.717, 1.165) is 25.7 Å². The Morgan fingerprint density at radius 3 is 2.70 bits per heavy atom. The predicted molar refractivity (Wildman–Crippen MR) is 110 cm³/mol. The minimum Gasteiger partial charge on any atom is -0.379 e. The van der Waals surface area contributed by atoms with Crippen molar-refractivity contribution in [3.63, 3.8) is 0 Å². The second-order valence-corrected chi connectivity index (χ2v) is 7.85. The van der Waals surface area contributed by atoms with Crippen molar-refractivity contribution in [2.45, 2.75) is 52.2 Å². The first-order valence-corrected chi connectivity index (χ1v) is 10.4. The minimum atomic E-state index is 0.566. The predicted octanol–water partition coefficient (Wildman–Crippen LogP) is 3.58. The molecule has 1 aromatic rings. The van der Waals surface area contributed by atoms with E-state index in [9.17, 15) is 0 Å². The Balaban J connectivity index is 1.46. The van der Waals surface area contributed by atoms with Gasteiger partial charge in [-0.3, -0.25) is 4.99 Å². The molecule has 27 heavy (non-hydrogen) atoms. The van der Waals surface area contributed by atoms with Crippen LogP contribution in [0.4, 0.5) is 0 Å². The van der Waals surface area contributed by atoms with Gasteiger partial charge in [-0.2, -0.15) is 0 Å². The summed E-state index contributed by atoms with van der Waals surface area (Å²) in [5, 5.41) is 3.56. The van der Waals surface area contributed by atoms with Crippen LogP contribution >= 0.6 is 0 Å². The highest BCUT2D eigenvalue weighted by molar-refractivity contribution is 5.80. The normalized spacial score (nSPS) is 19.2. The van der Waals surface area contributed by atoms with Gasteiger partial charge in [-0.15, -0.1) is 0 Å². The van der Waals surface area contributed by atoms with Crippen molar-refractivity contribution in [1.29, 1.82) is 0 Å². The van der Waals surface area contributed by atoms with Crippen molar-refractivity contribution in [2.75, 3.05) is 40.0 Å². The van der Waals surface area contributed by atoms with Crippen LogP contribution in [-0.4, -0.2) is 50.8 Å². The first kappa shape index (κ1) is 20.2. The Morgan fingerprint density at radius 2 is 1.93 bits per heavy atom. The van der Waals surface area contributed by atoms with Crippen LogP contribution in [-0.2, 0) is 22.6 Å². The van der Waals surface area contributed by atoms with Gasteiger partial charge >= 0.3 is 0 Å². The second kappa shape index (κ2) is 10.1. The summed E-state index contributed by atoms with van der Waals surface area (Å²) < 4.78 is 11.0. The van der Waals surface area contributed by atoms with Crippen LogP contribution in [0.5, 0.6) is 0 Å². The van der Waals surface area contributed by atoms with E-state index < -0.39 is 0 Å². The van der Waals surface area contributed by atoms with Crippen LogP contribution in [0, 0.1) is 5.41 Å². The molecule has 0 bridgehead atoms. The molecule has 0 amide bonds. The first-order chi connectivity index (χ1) is 13.2. The molecule has 2 fully saturated rings. The lowest BCUT2D eigenvalue weighted by Gasteiger charge is -2.26. The molecule has 1 aromatic carbocycles. The van der Waals surface area contributed by atoms with Gasteiger partial charge in [0.1, 0.15) is 0 Å². The molecule has 150 valence electrons. The molecule has 1 aliphatic heterocycles. The zero-order valence-corrected chi connectivity index (χ0v) is 17.0. The van der Waals surface area contributed by atoms with Gasteiger partial charge < -0.3 is 19.7 Å². The zero-order chi connectivity index (χ0) is 19.0. The molecule has 5 heteroatoms. The highest BCUT2D eigenvalue weighted by Crippen LogP contribution is 2.45. The number of rotatable bonds is 8. The van der Waals surface area contributed by atoms with Crippen molar-refractivity contribution in [3.8, 4) is 0 Å². The lowest BCUT2D eigenvalue weighted by atomic mass is 9.86. The number of nitrogens with zero attached hydrogens (tertiary/aromatic N) is 2. The Kier molecular flexibility index (Phi) is 7.53. The Morgan fingerprint density at radius 1 is 1.15 bits per heavy atom. The van der Waals surface area contributed by atoms with Crippen LogP contribution in [0.3, 0.4) is 0 Å². The molecule has 1 spiro atoms. The third-order valence-electron chi connectivity index (χ3n) is 5.90. The van der Waals surface area contributed by atoms with Crippen molar-refractivity contribution in [2.24, 2.45) is 10.4 Å². The second-order valence-electron chi connectivity index (χ2n) is 7.85. The fourth-order valence-corrected chi connectivity index (χ4v) is 4.44. The Hall–Kier alpha value is -1.59. The third-order valence-corrected chi connectivity index (χ3v) is 5.90. The van der Waals surface area contributed by atoms with Gasteiger partial charge in [0.25, 0.3) is 0 Å². The molecule has 0 unspecified atom stereocenters. The van der Waals surface area contributed by atoms with Crippen molar-refractivity contribution >= 4 is 5.96 Å². The van der Waals surface area contributed by atoms with Gasteiger partial charge in [0, 0.05) is 33.3 Å². The Labute approximate surface area is 164 Å². The molecule has 0 atom stereocenters. The Bertz CT molecular complexity index is 611. The summed E-state index contributed by atoms with van der Waals surface area (Å²) in [7, 11) is 1.89. The molecule has 0 aromatic heterocycles. The summed E-state index contributed by atoms with van der Waals surface area (Å²) in [5.74, 6) is 1.04. The third kappa shape index (κ3) is 5.69. The van der Waals surface area contributed by atoms with Gasteiger partial charge in [-0.05, 0) is 42.7 Å². The largest absolute Gasteiger partial charge is 0.379 e. The van der Waals surface area contributed by atoms with E-state index in [-0.39, 0.29) is 0 Å². The van der Waals surface area contributed by atoms with Gasteiger partial charge in [0.15, 0.2) is 5.96 Å². The molecule has 5 nitrogen and oxygen atoms in total. The lowest BCUT2D eigenvalue weighted by molar-refractivity contribution is 0.0453. The summed E-state index contributed by atoms with van der Waals surface area (Å²) in [5.41, 5.74) is 3.03. The molecular weight excluding hydrogens is 338 g/mol. The number of guanidine groups is 1. The number of likely N-dealkylation sites (tertiary alicyclic amines) is 1.